The molecular formula is C33H49N3O7Si. The third-order valence-corrected chi connectivity index (χ3v) is 11.5. The summed E-state index contributed by atoms with van der Waals surface area (Å²) in [5.74, 6) is -0.711. The van der Waals surface area contributed by atoms with Crippen molar-refractivity contribution < 1.29 is 33.0 Å². The lowest BCUT2D eigenvalue weighted by Crippen LogP contribution is -2.48. The Bertz CT molecular complexity index is 1220. The van der Waals surface area contributed by atoms with E-state index in [1.54, 1.807) is 20.8 Å². The van der Waals surface area contributed by atoms with Gasteiger partial charge in [0.25, 0.3) is 0 Å². The lowest BCUT2D eigenvalue weighted by molar-refractivity contribution is -0.155. The number of carbonyl (C=O) groups excluding carboxylic acids is 3. The summed E-state index contributed by atoms with van der Waals surface area (Å²) in [6.45, 7) is 16.8. The number of nitrogens with zero attached hydrogens (tertiary/aromatic N) is 2. The smallest absolute Gasteiger partial charge is 0.437 e. The molecular weight excluding hydrogens is 578 g/mol. The average Bonchev–Trinajstić information content (AvgIpc) is 2.93. The third-order valence-electron chi connectivity index (χ3n) is 6.96. The normalized spacial score (nSPS) is 12.3. The minimum absolute atomic E-state index is 0.00817. The van der Waals surface area contributed by atoms with Crippen LogP contribution in [0.15, 0.2) is 65.7 Å². The molecule has 0 aliphatic heterocycles. The first-order chi connectivity index (χ1) is 20.6. The number of benzene rings is 2. The molecule has 0 spiro atoms. The molecule has 10 nitrogen and oxygen atoms in total. The molecule has 0 aromatic heterocycles. The highest BCUT2D eigenvalue weighted by atomic mass is 28.4. The number of nitrogens with one attached hydrogen (secondary N) is 1. The van der Waals surface area contributed by atoms with E-state index in [0.717, 1.165) is 11.1 Å². The molecule has 0 fully saturated rings. The summed E-state index contributed by atoms with van der Waals surface area (Å²) in [5, 5.41) is 2.63. The summed E-state index contributed by atoms with van der Waals surface area (Å²) >= 11 is 0. The van der Waals surface area contributed by atoms with Gasteiger partial charge in [0, 0.05) is 13.2 Å². The molecule has 0 saturated heterocycles. The Morgan fingerprint density at radius 1 is 0.818 bits per heavy atom. The molecule has 0 atom stereocenters. The van der Waals surface area contributed by atoms with E-state index in [1.807, 2.05) is 60.7 Å². The van der Waals surface area contributed by atoms with Crippen molar-refractivity contribution >= 4 is 32.4 Å². The summed E-state index contributed by atoms with van der Waals surface area (Å²) in [5.41, 5.74) is 0.837. The van der Waals surface area contributed by atoms with Gasteiger partial charge in [0.15, 0.2) is 8.32 Å². The van der Waals surface area contributed by atoms with E-state index < -0.39 is 32.1 Å². The number of unbranched alkanes of at least 4 members (excludes halogenated alkanes) is 1. The van der Waals surface area contributed by atoms with E-state index in [9.17, 15) is 14.4 Å². The van der Waals surface area contributed by atoms with Gasteiger partial charge in [-0.3, -0.25) is 10.1 Å². The first kappa shape index (κ1) is 36.5. The van der Waals surface area contributed by atoms with Crippen molar-refractivity contribution in [3.8, 4) is 0 Å². The quantitative estimate of drug-likeness (QED) is 0.0665. The van der Waals surface area contributed by atoms with Crippen LogP contribution >= 0.6 is 0 Å². The maximum absolute atomic E-state index is 12.9. The van der Waals surface area contributed by atoms with Crippen molar-refractivity contribution in [2.45, 2.75) is 91.3 Å². The second-order valence-corrected chi connectivity index (χ2v) is 17.8. The van der Waals surface area contributed by atoms with E-state index in [2.05, 4.69) is 44.2 Å². The predicted molar refractivity (Wildman–Crippen MR) is 174 cm³/mol. The molecule has 0 aliphatic rings. The Kier molecular flexibility index (Phi) is 14.1. The number of carbonyl (C=O) groups is 3. The minimum Gasteiger partial charge on any atom is -0.459 e. The summed E-state index contributed by atoms with van der Waals surface area (Å²) in [7, 11) is -1.92. The first-order valence-corrected chi connectivity index (χ1v) is 17.8. The maximum atomic E-state index is 12.9. The van der Waals surface area contributed by atoms with Crippen LogP contribution in [0.5, 0.6) is 0 Å². The number of ether oxygens (including phenoxy) is 3. The summed E-state index contributed by atoms with van der Waals surface area (Å²) in [6.07, 6.45) is -0.473. The van der Waals surface area contributed by atoms with Gasteiger partial charge in [-0.05, 0) is 62.9 Å². The van der Waals surface area contributed by atoms with Crippen LogP contribution in [0.1, 0.15) is 65.5 Å². The van der Waals surface area contributed by atoms with Crippen LogP contribution in [0.25, 0.3) is 0 Å². The maximum Gasteiger partial charge on any atom is 0.437 e. The molecule has 2 aromatic carbocycles. The van der Waals surface area contributed by atoms with Crippen LogP contribution in [0.2, 0.25) is 18.1 Å². The molecule has 2 aromatic rings. The van der Waals surface area contributed by atoms with Crippen molar-refractivity contribution in [3.05, 3.63) is 71.8 Å². The number of hydrogen-bond donors (Lipinski definition) is 1. The number of rotatable bonds is 12. The van der Waals surface area contributed by atoms with Crippen molar-refractivity contribution in [1.82, 2.24) is 10.2 Å². The van der Waals surface area contributed by atoms with Crippen molar-refractivity contribution in [1.29, 1.82) is 0 Å². The molecule has 0 aliphatic carbocycles. The fraction of sp³-hybridized carbons (Fsp3) is 0.515. The van der Waals surface area contributed by atoms with Crippen LogP contribution in [0, 0.1) is 0 Å². The second-order valence-electron chi connectivity index (χ2n) is 13.0. The van der Waals surface area contributed by atoms with Gasteiger partial charge >= 0.3 is 18.2 Å². The Morgan fingerprint density at radius 2 is 1.36 bits per heavy atom. The van der Waals surface area contributed by atoms with Gasteiger partial charge in [-0.2, -0.15) is 0 Å². The van der Waals surface area contributed by atoms with E-state index in [4.69, 9.17) is 18.6 Å². The Labute approximate surface area is 263 Å². The largest absolute Gasteiger partial charge is 0.459 e. The predicted octanol–water partition coefficient (Wildman–Crippen LogP) is 7.05. The topological polar surface area (TPSA) is 116 Å². The molecule has 1 N–H and O–H groups in total. The molecule has 0 bridgehead atoms. The summed E-state index contributed by atoms with van der Waals surface area (Å²) < 4.78 is 22.5. The van der Waals surface area contributed by atoms with Crippen molar-refractivity contribution in [2.75, 3.05) is 19.7 Å². The Hall–Kier alpha value is -3.70. The monoisotopic (exact) mass is 627 g/mol. The van der Waals surface area contributed by atoms with Crippen LogP contribution < -0.4 is 5.32 Å². The molecule has 0 radical (unpaired) electrons. The SMILES string of the molecule is CC(C)(C)OC(=O)CN(CCCCO[Si](C)(C)C(C)(C)C)/C(=N/C(=O)OCc1ccccc1)NC(=O)OCc1ccccc1. The van der Waals surface area contributed by atoms with E-state index in [1.165, 1.54) is 4.90 Å². The lowest BCUT2D eigenvalue weighted by atomic mass is 10.2. The fourth-order valence-electron chi connectivity index (χ4n) is 3.60. The number of esters is 1. The first-order valence-electron chi connectivity index (χ1n) is 14.9. The minimum atomic E-state index is -1.92. The summed E-state index contributed by atoms with van der Waals surface area (Å²) in [4.78, 5) is 44.1. The Balaban J connectivity index is 2.22. The zero-order valence-corrected chi connectivity index (χ0v) is 28.5. The van der Waals surface area contributed by atoms with Crippen LogP contribution in [0.4, 0.5) is 9.59 Å². The van der Waals surface area contributed by atoms with Crippen LogP contribution in [-0.4, -0.2) is 62.6 Å². The van der Waals surface area contributed by atoms with Gasteiger partial charge in [0.1, 0.15) is 25.4 Å². The highest BCUT2D eigenvalue weighted by Crippen LogP contribution is 2.36. The Morgan fingerprint density at radius 3 is 1.89 bits per heavy atom. The zero-order chi connectivity index (χ0) is 32.8. The fourth-order valence-corrected chi connectivity index (χ4v) is 4.69. The van der Waals surface area contributed by atoms with Gasteiger partial charge in [-0.1, -0.05) is 81.4 Å². The zero-order valence-electron chi connectivity index (χ0n) is 27.5. The highest BCUT2D eigenvalue weighted by Gasteiger charge is 2.36. The van der Waals surface area contributed by atoms with E-state index >= 15 is 0 Å². The molecule has 44 heavy (non-hydrogen) atoms. The number of alkyl carbamates (subject to hydrolysis) is 1. The average molecular weight is 628 g/mol. The highest BCUT2D eigenvalue weighted by molar-refractivity contribution is 6.74. The number of hydrogen-bond acceptors (Lipinski definition) is 7. The van der Waals surface area contributed by atoms with Gasteiger partial charge in [0.2, 0.25) is 5.96 Å². The van der Waals surface area contributed by atoms with Crippen LogP contribution in [-0.2, 0) is 36.6 Å². The van der Waals surface area contributed by atoms with E-state index in [-0.39, 0.29) is 37.3 Å². The molecule has 2 amide bonds. The molecule has 0 heterocycles. The molecule has 0 saturated carbocycles. The van der Waals surface area contributed by atoms with E-state index in [0.29, 0.717) is 19.4 Å². The van der Waals surface area contributed by atoms with Gasteiger partial charge in [0.05, 0.1) is 0 Å². The number of guanidine groups is 1. The second kappa shape index (κ2) is 17.0. The van der Waals surface area contributed by atoms with Crippen molar-refractivity contribution in [3.63, 3.8) is 0 Å². The van der Waals surface area contributed by atoms with Gasteiger partial charge < -0.3 is 23.5 Å². The summed E-state index contributed by atoms with van der Waals surface area (Å²) in [6, 6.07) is 18.3. The third kappa shape index (κ3) is 14.2. The molecule has 11 heteroatoms. The lowest BCUT2D eigenvalue weighted by Gasteiger charge is -2.36. The molecule has 0 unspecified atom stereocenters. The number of aliphatic imine (C=N–C) groups is 1. The van der Waals surface area contributed by atoms with Crippen LogP contribution in [0.3, 0.4) is 0 Å². The van der Waals surface area contributed by atoms with Gasteiger partial charge in [-0.25, -0.2) is 9.59 Å². The number of amides is 2. The van der Waals surface area contributed by atoms with Crippen molar-refractivity contribution in [2.24, 2.45) is 4.99 Å². The van der Waals surface area contributed by atoms with Gasteiger partial charge in [-0.15, -0.1) is 4.99 Å². The molecule has 242 valence electrons. The molecule has 2 rings (SSSR count). The standard InChI is InChI=1S/C33H49N3O7Si/c1-32(2,3)43-28(37)23-36(21-15-16-22-42-44(7,8)33(4,5)6)29(34-30(38)40-24-26-17-11-9-12-18-26)35-31(39)41-25-27-19-13-10-14-20-27/h9-14,17-20H,15-16,21-25H2,1-8H3,(H,34,35,38,39).